The van der Waals surface area contributed by atoms with E-state index in [-0.39, 0.29) is 11.8 Å². The molecule has 0 saturated carbocycles. The fourth-order valence-corrected chi connectivity index (χ4v) is 2.63. The van der Waals surface area contributed by atoms with Gasteiger partial charge in [0.05, 0.1) is 0 Å². The molecule has 0 unspecified atom stereocenters. The number of aryl methyl sites for hydroxylation is 1. The molecular formula is C16H19N5O2. The molecule has 1 aliphatic rings. The van der Waals surface area contributed by atoms with Crippen LogP contribution in [-0.4, -0.2) is 39.7 Å². The quantitative estimate of drug-likeness (QED) is 0.813. The van der Waals surface area contributed by atoms with E-state index in [1.807, 2.05) is 12.1 Å². The van der Waals surface area contributed by atoms with E-state index >= 15 is 0 Å². The van der Waals surface area contributed by atoms with Crippen molar-refractivity contribution in [2.45, 2.75) is 25.8 Å². The highest BCUT2D eigenvalue weighted by molar-refractivity contribution is 5.99. The van der Waals surface area contributed by atoms with Gasteiger partial charge in [0.15, 0.2) is 0 Å². The maximum atomic E-state index is 12.2. The Morgan fingerprint density at radius 3 is 3.00 bits per heavy atom. The molecule has 23 heavy (non-hydrogen) atoms. The number of carbonyl (C=O) groups excluding carboxylic acids is 2. The van der Waals surface area contributed by atoms with Gasteiger partial charge in [-0.25, -0.2) is 4.98 Å². The zero-order chi connectivity index (χ0) is 16.1. The molecule has 2 heterocycles. The number of carbonyl (C=O) groups is 2. The van der Waals surface area contributed by atoms with Crippen LogP contribution in [0.1, 0.15) is 29.6 Å². The third kappa shape index (κ3) is 3.74. The highest BCUT2D eigenvalue weighted by Gasteiger charge is 2.22. The molecular weight excluding hydrogens is 294 g/mol. The van der Waals surface area contributed by atoms with Gasteiger partial charge in [-0.1, -0.05) is 6.07 Å². The Labute approximate surface area is 134 Å². The van der Waals surface area contributed by atoms with Crippen molar-refractivity contribution in [2.75, 3.05) is 18.0 Å². The first kappa shape index (κ1) is 15.2. The predicted octanol–water partition coefficient (Wildman–Crippen LogP) is 1.22. The number of nitrogens with zero attached hydrogens (tertiary/aromatic N) is 4. The van der Waals surface area contributed by atoms with Crippen molar-refractivity contribution in [1.29, 1.82) is 0 Å². The summed E-state index contributed by atoms with van der Waals surface area (Å²) in [7, 11) is 0. The van der Waals surface area contributed by atoms with Crippen LogP contribution in [-0.2, 0) is 11.3 Å². The molecule has 2 amide bonds. The minimum absolute atomic E-state index is 0.121. The lowest BCUT2D eigenvalue weighted by Gasteiger charge is -2.16. The molecule has 1 aliphatic heterocycles. The molecule has 0 spiro atoms. The van der Waals surface area contributed by atoms with Crippen LogP contribution in [0.15, 0.2) is 36.9 Å². The van der Waals surface area contributed by atoms with E-state index in [0.29, 0.717) is 25.1 Å². The van der Waals surface area contributed by atoms with E-state index in [0.717, 1.165) is 25.1 Å². The molecule has 7 heteroatoms. The van der Waals surface area contributed by atoms with Crippen molar-refractivity contribution in [1.82, 2.24) is 20.1 Å². The van der Waals surface area contributed by atoms with Crippen LogP contribution in [0.5, 0.6) is 0 Å². The molecule has 0 aliphatic carbocycles. The number of anilines is 1. The minimum atomic E-state index is -0.128. The van der Waals surface area contributed by atoms with Crippen LogP contribution in [0.4, 0.5) is 5.69 Å². The summed E-state index contributed by atoms with van der Waals surface area (Å²) < 4.78 is 1.73. The van der Waals surface area contributed by atoms with Crippen LogP contribution < -0.4 is 10.2 Å². The summed E-state index contributed by atoms with van der Waals surface area (Å²) >= 11 is 0. The van der Waals surface area contributed by atoms with Gasteiger partial charge in [-0.3, -0.25) is 14.3 Å². The molecule has 1 aromatic carbocycles. The summed E-state index contributed by atoms with van der Waals surface area (Å²) in [6.45, 7) is 2.00. The lowest BCUT2D eigenvalue weighted by Crippen LogP contribution is -2.27. The normalized spacial score (nSPS) is 14.3. The van der Waals surface area contributed by atoms with E-state index in [9.17, 15) is 9.59 Å². The smallest absolute Gasteiger partial charge is 0.251 e. The van der Waals surface area contributed by atoms with Crippen molar-refractivity contribution in [3.8, 4) is 0 Å². The first-order valence-electron chi connectivity index (χ1n) is 7.75. The van der Waals surface area contributed by atoms with E-state index in [2.05, 4.69) is 15.4 Å². The van der Waals surface area contributed by atoms with Gasteiger partial charge in [-0.15, -0.1) is 0 Å². The monoisotopic (exact) mass is 313 g/mol. The number of aromatic nitrogens is 3. The van der Waals surface area contributed by atoms with E-state index in [4.69, 9.17) is 0 Å². The molecule has 0 bridgehead atoms. The average Bonchev–Trinajstić information content (AvgIpc) is 3.23. The summed E-state index contributed by atoms with van der Waals surface area (Å²) in [6, 6.07) is 7.21. The van der Waals surface area contributed by atoms with Gasteiger partial charge in [0, 0.05) is 37.3 Å². The van der Waals surface area contributed by atoms with Gasteiger partial charge in [0.1, 0.15) is 12.7 Å². The van der Waals surface area contributed by atoms with Crippen LogP contribution in [0, 0.1) is 0 Å². The second-order valence-corrected chi connectivity index (χ2v) is 5.47. The zero-order valence-corrected chi connectivity index (χ0v) is 12.8. The molecule has 7 nitrogen and oxygen atoms in total. The molecule has 120 valence electrons. The lowest BCUT2D eigenvalue weighted by atomic mass is 10.1. The SMILES string of the molecule is O=C(NCCCn1cncn1)c1cccc(N2CCCC2=O)c1. The standard InChI is InChI=1S/C16H19N5O2/c22-15-6-2-9-21(15)14-5-1-4-13(10-14)16(23)18-7-3-8-20-12-17-11-19-20/h1,4-5,10-12H,2-3,6-9H2,(H,18,23). The molecule has 1 N–H and O–H groups in total. The van der Waals surface area contributed by atoms with E-state index in [1.54, 1.807) is 28.0 Å². The Balaban J connectivity index is 1.53. The van der Waals surface area contributed by atoms with Gasteiger partial charge in [0.25, 0.3) is 5.91 Å². The topological polar surface area (TPSA) is 80.1 Å². The number of amides is 2. The minimum Gasteiger partial charge on any atom is -0.352 e. The van der Waals surface area contributed by atoms with Gasteiger partial charge >= 0.3 is 0 Å². The third-order valence-corrected chi connectivity index (χ3v) is 3.81. The Morgan fingerprint density at radius 1 is 1.35 bits per heavy atom. The van der Waals surface area contributed by atoms with Crippen LogP contribution in [0.3, 0.4) is 0 Å². The van der Waals surface area contributed by atoms with Crippen LogP contribution in [0.2, 0.25) is 0 Å². The largest absolute Gasteiger partial charge is 0.352 e. The van der Waals surface area contributed by atoms with E-state index in [1.165, 1.54) is 6.33 Å². The Kier molecular flexibility index (Phi) is 4.65. The highest BCUT2D eigenvalue weighted by atomic mass is 16.2. The fraction of sp³-hybridized carbons (Fsp3) is 0.375. The van der Waals surface area contributed by atoms with E-state index < -0.39 is 0 Å². The molecule has 1 fully saturated rings. The lowest BCUT2D eigenvalue weighted by molar-refractivity contribution is -0.117. The molecule has 0 atom stereocenters. The molecule has 0 radical (unpaired) electrons. The molecule has 1 aromatic heterocycles. The molecule has 2 aromatic rings. The van der Waals surface area contributed by atoms with Crippen molar-refractivity contribution < 1.29 is 9.59 Å². The second kappa shape index (κ2) is 7.04. The maximum absolute atomic E-state index is 12.2. The summed E-state index contributed by atoms with van der Waals surface area (Å²) in [6.07, 6.45) is 5.37. The second-order valence-electron chi connectivity index (χ2n) is 5.47. The summed E-state index contributed by atoms with van der Waals surface area (Å²) in [5.41, 5.74) is 1.37. The number of hydrogen-bond acceptors (Lipinski definition) is 4. The van der Waals surface area contributed by atoms with Crippen LogP contribution >= 0.6 is 0 Å². The molecule has 1 saturated heterocycles. The summed E-state index contributed by atoms with van der Waals surface area (Å²) in [5, 5.41) is 6.90. The van der Waals surface area contributed by atoms with Gasteiger partial charge in [0.2, 0.25) is 5.91 Å². The number of hydrogen-bond donors (Lipinski definition) is 1. The zero-order valence-electron chi connectivity index (χ0n) is 12.8. The van der Waals surface area contributed by atoms with Crippen molar-refractivity contribution >= 4 is 17.5 Å². The van der Waals surface area contributed by atoms with Crippen molar-refractivity contribution in [3.63, 3.8) is 0 Å². The van der Waals surface area contributed by atoms with Gasteiger partial charge in [-0.2, -0.15) is 5.10 Å². The van der Waals surface area contributed by atoms with Gasteiger partial charge < -0.3 is 10.2 Å². The Hall–Kier alpha value is -2.70. The summed E-state index contributed by atoms with van der Waals surface area (Å²) in [4.78, 5) is 29.6. The number of rotatable bonds is 6. The van der Waals surface area contributed by atoms with Gasteiger partial charge in [-0.05, 0) is 31.0 Å². The number of benzene rings is 1. The first-order valence-corrected chi connectivity index (χ1v) is 7.75. The Bertz CT molecular complexity index is 684. The van der Waals surface area contributed by atoms with Crippen molar-refractivity contribution in [2.24, 2.45) is 0 Å². The van der Waals surface area contributed by atoms with Crippen LogP contribution in [0.25, 0.3) is 0 Å². The predicted molar refractivity (Wildman–Crippen MR) is 85.0 cm³/mol. The fourth-order valence-electron chi connectivity index (χ4n) is 2.63. The summed E-state index contributed by atoms with van der Waals surface area (Å²) in [5.74, 6) is -0.00697. The Morgan fingerprint density at radius 2 is 2.26 bits per heavy atom. The third-order valence-electron chi connectivity index (χ3n) is 3.81. The first-order chi connectivity index (χ1) is 11.2. The molecule has 3 rings (SSSR count). The van der Waals surface area contributed by atoms with Crippen molar-refractivity contribution in [3.05, 3.63) is 42.5 Å². The maximum Gasteiger partial charge on any atom is 0.251 e. The highest BCUT2D eigenvalue weighted by Crippen LogP contribution is 2.22. The number of nitrogens with one attached hydrogen (secondary N) is 1. The average molecular weight is 313 g/mol.